The van der Waals surface area contributed by atoms with Crippen LogP contribution in [0.5, 0.6) is 0 Å². The van der Waals surface area contributed by atoms with E-state index in [0.717, 1.165) is 38.8 Å². The van der Waals surface area contributed by atoms with Gasteiger partial charge in [0.05, 0.1) is 0 Å². The van der Waals surface area contributed by atoms with Crippen LogP contribution < -0.4 is 5.32 Å². The van der Waals surface area contributed by atoms with Crippen molar-refractivity contribution in [2.75, 3.05) is 26.2 Å². The van der Waals surface area contributed by atoms with Crippen molar-refractivity contribution in [3.8, 4) is 0 Å². The summed E-state index contributed by atoms with van der Waals surface area (Å²) in [7, 11) is 0. The number of nitrogens with zero attached hydrogens (tertiary/aromatic N) is 1. The summed E-state index contributed by atoms with van der Waals surface area (Å²) in [6.45, 7) is 8.58. The Labute approximate surface area is 112 Å². The Hall–Kier alpha value is -0.570. The van der Waals surface area contributed by atoms with Gasteiger partial charge in [-0.25, -0.2) is 0 Å². The molecule has 1 aliphatic rings. The van der Waals surface area contributed by atoms with E-state index in [0.29, 0.717) is 0 Å². The standard InChI is InChI=1S/C15H30N2O/c1-3-8-14(9-4-2)15(18)16-10-13-17-11-6-5-7-12-17/h14H,3-13H2,1-2H3,(H,16,18). The van der Waals surface area contributed by atoms with Gasteiger partial charge in [-0.1, -0.05) is 33.1 Å². The molecule has 1 N–H and O–H groups in total. The fourth-order valence-electron chi connectivity index (χ4n) is 2.77. The number of amides is 1. The average Bonchev–Trinajstić information content (AvgIpc) is 2.39. The summed E-state index contributed by atoms with van der Waals surface area (Å²) in [5.41, 5.74) is 0. The van der Waals surface area contributed by atoms with Gasteiger partial charge >= 0.3 is 0 Å². The molecule has 1 heterocycles. The van der Waals surface area contributed by atoms with Crippen molar-refractivity contribution in [2.45, 2.75) is 58.8 Å². The first-order chi connectivity index (χ1) is 8.77. The fraction of sp³-hybridized carbons (Fsp3) is 0.933. The van der Waals surface area contributed by atoms with Crippen molar-refractivity contribution >= 4 is 5.91 Å². The van der Waals surface area contributed by atoms with Crippen molar-refractivity contribution in [1.82, 2.24) is 10.2 Å². The van der Waals surface area contributed by atoms with Crippen LogP contribution in [0.1, 0.15) is 58.8 Å². The van der Waals surface area contributed by atoms with E-state index in [1.54, 1.807) is 0 Å². The first kappa shape index (κ1) is 15.5. The monoisotopic (exact) mass is 254 g/mol. The molecule has 1 rings (SSSR count). The Morgan fingerprint density at radius 2 is 1.72 bits per heavy atom. The number of likely N-dealkylation sites (tertiary alicyclic amines) is 1. The molecule has 1 fully saturated rings. The van der Waals surface area contributed by atoms with Gasteiger partial charge < -0.3 is 10.2 Å². The zero-order valence-electron chi connectivity index (χ0n) is 12.2. The molecule has 0 saturated carbocycles. The molecule has 3 heteroatoms. The third-order valence-electron chi connectivity index (χ3n) is 3.82. The highest BCUT2D eigenvalue weighted by atomic mass is 16.1. The molecular weight excluding hydrogens is 224 g/mol. The van der Waals surface area contributed by atoms with Gasteiger partial charge in [-0.2, -0.15) is 0 Å². The van der Waals surface area contributed by atoms with E-state index in [1.165, 1.54) is 32.4 Å². The summed E-state index contributed by atoms with van der Waals surface area (Å²) in [4.78, 5) is 14.5. The van der Waals surface area contributed by atoms with Gasteiger partial charge in [-0.3, -0.25) is 4.79 Å². The Morgan fingerprint density at radius 1 is 1.11 bits per heavy atom. The minimum Gasteiger partial charge on any atom is -0.355 e. The Morgan fingerprint density at radius 3 is 2.28 bits per heavy atom. The predicted molar refractivity (Wildman–Crippen MR) is 76.6 cm³/mol. The fourth-order valence-corrected chi connectivity index (χ4v) is 2.77. The van der Waals surface area contributed by atoms with Crippen LogP contribution >= 0.6 is 0 Å². The third kappa shape index (κ3) is 5.85. The highest BCUT2D eigenvalue weighted by Crippen LogP contribution is 2.13. The molecule has 0 aliphatic carbocycles. The van der Waals surface area contributed by atoms with Crippen LogP contribution in [0, 0.1) is 5.92 Å². The van der Waals surface area contributed by atoms with E-state index >= 15 is 0 Å². The third-order valence-corrected chi connectivity index (χ3v) is 3.82. The maximum absolute atomic E-state index is 12.0. The molecule has 106 valence electrons. The second-order valence-electron chi connectivity index (χ2n) is 5.47. The van der Waals surface area contributed by atoms with E-state index in [9.17, 15) is 4.79 Å². The quantitative estimate of drug-likeness (QED) is 0.722. The van der Waals surface area contributed by atoms with E-state index in [1.807, 2.05) is 0 Å². The van der Waals surface area contributed by atoms with Crippen LogP contribution in [-0.2, 0) is 4.79 Å². The van der Waals surface area contributed by atoms with Crippen molar-refractivity contribution in [3.63, 3.8) is 0 Å². The molecule has 0 spiro atoms. The predicted octanol–water partition coefficient (Wildman–Crippen LogP) is 2.80. The van der Waals surface area contributed by atoms with Gasteiger partial charge in [0.25, 0.3) is 0 Å². The SMILES string of the molecule is CCCC(CCC)C(=O)NCCN1CCCCC1. The van der Waals surface area contributed by atoms with Gasteiger partial charge in [0, 0.05) is 19.0 Å². The average molecular weight is 254 g/mol. The highest BCUT2D eigenvalue weighted by molar-refractivity contribution is 5.78. The zero-order valence-corrected chi connectivity index (χ0v) is 12.2. The number of carbonyl (C=O) groups is 1. The van der Waals surface area contributed by atoms with Crippen molar-refractivity contribution in [2.24, 2.45) is 5.92 Å². The minimum absolute atomic E-state index is 0.237. The van der Waals surface area contributed by atoms with Gasteiger partial charge in [0.1, 0.15) is 0 Å². The van der Waals surface area contributed by atoms with Crippen molar-refractivity contribution in [1.29, 1.82) is 0 Å². The molecule has 1 saturated heterocycles. The number of nitrogens with one attached hydrogen (secondary N) is 1. The van der Waals surface area contributed by atoms with Gasteiger partial charge in [-0.05, 0) is 38.8 Å². The van der Waals surface area contributed by atoms with Crippen LogP contribution in [-0.4, -0.2) is 37.0 Å². The molecule has 0 aromatic carbocycles. The van der Waals surface area contributed by atoms with Crippen LogP contribution in [0.25, 0.3) is 0 Å². The topological polar surface area (TPSA) is 32.3 Å². The second kappa shape index (κ2) is 9.37. The number of carbonyl (C=O) groups excluding carboxylic acids is 1. The molecule has 3 nitrogen and oxygen atoms in total. The number of rotatable bonds is 8. The van der Waals surface area contributed by atoms with Crippen LogP contribution in [0.15, 0.2) is 0 Å². The maximum Gasteiger partial charge on any atom is 0.223 e. The van der Waals surface area contributed by atoms with Gasteiger partial charge in [0.2, 0.25) is 5.91 Å². The summed E-state index contributed by atoms with van der Waals surface area (Å²) < 4.78 is 0. The molecule has 1 aliphatic heterocycles. The van der Waals surface area contributed by atoms with Gasteiger partial charge in [-0.15, -0.1) is 0 Å². The second-order valence-corrected chi connectivity index (χ2v) is 5.47. The smallest absolute Gasteiger partial charge is 0.223 e. The summed E-state index contributed by atoms with van der Waals surface area (Å²) in [6, 6.07) is 0. The lowest BCUT2D eigenvalue weighted by molar-refractivity contribution is -0.125. The molecule has 0 radical (unpaired) electrons. The summed E-state index contributed by atoms with van der Waals surface area (Å²) in [5.74, 6) is 0.511. The maximum atomic E-state index is 12.0. The Balaban J connectivity index is 2.17. The molecule has 0 aromatic rings. The first-order valence-corrected chi connectivity index (χ1v) is 7.78. The minimum atomic E-state index is 0.237. The van der Waals surface area contributed by atoms with Gasteiger partial charge in [0.15, 0.2) is 0 Å². The Kier molecular flexibility index (Phi) is 8.06. The van der Waals surface area contributed by atoms with E-state index in [4.69, 9.17) is 0 Å². The lowest BCUT2D eigenvalue weighted by Gasteiger charge is -2.26. The number of hydrogen-bond donors (Lipinski definition) is 1. The van der Waals surface area contributed by atoms with Crippen molar-refractivity contribution < 1.29 is 4.79 Å². The lowest BCUT2D eigenvalue weighted by atomic mass is 9.97. The number of piperidine rings is 1. The summed E-state index contributed by atoms with van der Waals surface area (Å²) in [5, 5.41) is 3.12. The highest BCUT2D eigenvalue weighted by Gasteiger charge is 2.16. The lowest BCUT2D eigenvalue weighted by Crippen LogP contribution is -2.39. The molecule has 1 amide bonds. The molecule has 0 bridgehead atoms. The van der Waals surface area contributed by atoms with E-state index in [2.05, 4.69) is 24.1 Å². The van der Waals surface area contributed by atoms with E-state index < -0.39 is 0 Å². The normalized spacial score (nSPS) is 17.1. The molecule has 18 heavy (non-hydrogen) atoms. The first-order valence-electron chi connectivity index (χ1n) is 7.78. The van der Waals surface area contributed by atoms with Crippen molar-refractivity contribution in [3.05, 3.63) is 0 Å². The Bertz CT molecular complexity index is 219. The molecule has 0 unspecified atom stereocenters. The van der Waals surface area contributed by atoms with Crippen LogP contribution in [0.2, 0.25) is 0 Å². The largest absolute Gasteiger partial charge is 0.355 e. The molecular formula is C15H30N2O. The van der Waals surface area contributed by atoms with Crippen LogP contribution in [0.3, 0.4) is 0 Å². The zero-order chi connectivity index (χ0) is 13.2. The molecule has 0 atom stereocenters. The van der Waals surface area contributed by atoms with Crippen LogP contribution in [0.4, 0.5) is 0 Å². The number of hydrogen-bond acceptors (Lipinski definition) is 2. The summed E-state index contributed by atoms with van der Waals surface area (Å²) >= 11 is 0. The molecule has 0 aromatic heterocycles. The summed E-state index contributed by atoms with van der Waals surface area (Å²) in [6.07, 6.45) is 8.28. The van der Waals surface area contributed by atoms with E-state index in [-0.39, 0.29) is 11.8 Å².